The number of rotatable bonds is 6. The van der Waals surface area contributed by atoms with E-state index in [1.807, 2.05) is 16.9 Å². The first-order chi connectivity index (χ1) is 8.20. The molecule has 1 aliphatic carbocycles. The highest BCUT2D eigenvalue weighted by Gasteiger charge is 2.37. The van der Waals surface area contributed by atoms with Gasteiger partial charge in [0.25, 0.3) is 0 Å². The van der Waals surface area contributed by atoms with E-state index >= 15 is 0 Å². The van der Waals surface area contributed by atoms with Crippen molar-refractivity contribution in [3.63, 3.8) is 0 Å². The van der Waals surface area contributed by atoms with E-state index in [2.05, 4.69) is 17.3 Å². The fourth-order valence-electron chi connectivity index (χ4n) is 2.00. The van der Waals surface area contributed by atoms with Crippen molar-refractivity contribution in [2.75, 3.05) is 7.11 Å². The van der Waals surface area contributed by atoms with Crippen molar-refractivity contribution in [2.45, 2.75) is 38.4 Å². The van der Waals surface area contributed by atoms with Crippen LogP contribution in [0.15, 0.2) is 18.5 Å². The summed E-state index contributed by atoms with van der Waals surface area (Å²) in [5.74, 6) is 0.294. The molecular weight excluding hydrogens is 218 g/mol. The molecule has 5 heteroatoms. The fraction of sp³-hybridized carbons (Fsp3) is 0.667. The Labute approximate surface area is 101 Å². The van der Waals surface area contributed by atoms with Gasteiger partial charge in [0.2, 0.25) is 0 Å². The summed E-state index contributed by atoms with van der Waals surface area (Å²) in [5.41, 5.74) is 0. The molecule has 1 fully saturated rings. The molecule has 2 unspecified atom stereocenters. The number of esters is 1. The standard InChI is InChI=1S/C12H19N3O2/c1-9(8-15-7-3-6-13-15)14-11(10-4-5-10)12(16)17-2/h3,6-7,9-11,14H,4-5,8H2,1-2H3. The quantitative estimate of drug-likeness (QED) is 0.744. The zero-order valence-electron chi connectivity index (χ0n) is 10.3. The topological polar surface area (TPSA) is 56.1 Å². The number of nitrogens with zero attached hydrogens (tertiary/aromatic N) is 2. The Balaban J connectivity index is 1.86. The fourth-order valence-corrected chi connectivity index (χ4v) is 2.00. The number of carbonyl (C=O) groups is 1. The van der Waals surface area contributed by atoms with Crippen LogP contribution in [0.3, 0.4) is 0 Å². The molecule has 0 amide bonds. The van der Waals surface area contributed by atoms with Crippen LogP contribution < -0.4 is 5.32 Å². The lowest BCUT2D eigenvalue weighted by molar-refractivity contribution is -0.144. The van der Waals surface area contributed by atoms with Crippen LogP contribution in [0.4, 0.5) is 0 Å². The first-order valence-corrected chi connectivity index (χ1v) is 6.02. The molecule has 5 nitrogen and oxygen atoms in total. The second-order valence-electron chi connectivity index (χ2n) is 4.63. The molecule has 1 heterocycles. The van der Waals surface area contributed by atoms with Crippen molar-refractivity contribution in [1.82, 2.24) is 15.1 Å². The minimum atomic E-state index is -0.162. The van der Waals surface area contributed by atoms with Crippen molar-refractivity contribution in [2.24, 2.45) is 5.92 Å². The van der Waals surface area contributed by atoms with Gasteiger partial charge in [0, 0.05) is 18.4 Å². The minimum absolute atomic E-state index is 0.153. The maximum Gasteiger partial charge on any atom is 0.323 e. The molecule has 0 aromatic carbocycles. The van der Waals surface area contributed by atoms with Gasteiger partial charge in [0.05, 0.1) is 13.7 Å². The summed E-state index contributed by atoms with van der Waals surface area (Å²) >= 11 is 0. The van der Waals surface area contributed by atoms with Gasteiger partial charge in [-0.15, -0.1) is 0 Å². The molecule has 0 bridgehead atoms. The van der Waals surface area contributed by atoms with Crippen LogP contribution in [-0.2, 0) is 16.1 Å². The highest BCUT2D eigenvalue weighted by molar-refractivity contribution is 5.76. The molecule has 1 aromatic heterocycles. The highest BCUT2D eigenvalue weighted by Crippen LogP contribution is 2.33. The molecule has 0 saturated heterocycles. The van der Waals surface area contributed by atoms with E-state index in [0.717, 1.165) is 19.4 Å². The summed E-state index contributed by atoms with van der Waals surface area (Å²) in [6, 6.07) is 1.93. The third-order valence-corrected chi connectivity index (χ3v) is 3.03. The van der Waals surface area contributed by atoms with Crippen LogP contribution in [-0.4, -0.2) is 34.9 Å². The van der Waals surface area contributed by atoms with Gasteiger partial charge in [-0.25, -0.2) is 0 Å². The molecule has 0 radical (unpaired) electrons. The van der Waals surface area contributed by atoms with Gasteiger partial charge in [-0.1, -0.05) is 0 Å². The third kappa shape index (κ3) is 3.30. The van der Waals surface area contributed by atoms with Gasteiger partial charge in [0.1, 0.15) is 6.04 Å². The largest absolute Gasteiger partial charge is 0.468 e. The van der Waals surface area contributed by atoms with Crippen LogP contribution in [0.25, 0.3) is 0 Å². The summed E-state index contributed by atoms with van der Waals surface area (Å²) in [6.45, 7) is 2.81. The van der Waals surface area contributed by atoms with Crippen LogP contribution >= 0.6 is 0 Å². The second-order valence-corrected chi connectivity index (χ2v) is 4.63. The minimum Gasteiger partial charge on any atom is -0.468 e. The summed E-state index contributed by atoms with van der Waals surface area (Å²) < 4.78 is 6.69. The Hall–Kier alpha value is -1.36. The smallest absolute Gasteiger partial charge is 0.323 e. The Morgan fingerprint density at radius 2 is 2.41 bits per heavy atom. The van der Waals surface area contributed by atoms with Crippen LogP contribution in [0.5, 0.6) is 0 Å². The van der Waals surface area contributed by atoms with E-state index < -0.39 is 0 Å². The maximum atomic E-state index is 11.6. The lowest BCUT2D eigenvalue weighted by Crippen LogP contribution is -2.45. The molecule has 94 valence electrons. The van der Waals surface area contributed by atoms with Crippen LogP contribution in [0.1, 0.15) is 19.8 Å². The van der Waals surface area contributed by atoms with Crippen molar-refractivity contribution in [3.8, 4) is 0 Å². The van der Waals surface area contributed by atoms with Gasteiger partial charge in [-0.2, -0.15) is 5.10 Å². The molecule has 1 N–H and O–H groups in total. The van der Waals surface area contributed by atoms with Crippen molar-refractivity contribution in [1.29, 1.82) is 0 Å². The highest BCUT2D eigenvalue weighted by atomic mass is 16.5. The molecule has 2 atom stereocenters. The second kappa shape index (κ2) is 5.31. The molecule has 1 saturated carbocycles. The van der Waals surface area contributed by atoms with E-state index in [9.17, 15) is 4.79 Å². The van der Waals surface area contributed by atoms with E-state index in [1.165, 1.54) is 7.11 Å². The molecule has 17 heavy (non-hydrogen) atoms. The number of hydrogen-bond donors (Lipinski definition) is 1. The van der Waals surface area contributed by atoms with Crippen molar-refractivity contribution >= 4 is 5.97 Å². The van der Waals surface area contributed by atoms with E-state index in [-0.39, 0.29) is 18.1 Å². The van der Waals surface area contributed by atoms with E-state index in [4.69, 9.17) is 4.74 Å². The number of ether oxygens (including phenoxy) is 1. The molecule has 1 aromatic rings. The molecule has 0 spiro atoms. The van der Waals surface area contributed by atoms with E-state index in [0.29, 0.717) is 5.92 Å². The summed E-state index contributed by atoms with van der Waals surface area (Å²) in [7, 11) is 1.44. The lowest BCUT2D eigenvalue weighted by atomic mass is 10.1. The Kier molecular flexibility index (Phi) is 3.78. The number of hydrogen-bond acceptors (Lipinski definition) is 4. The predicted octanol–water partition coefficient (Wildman–Crippen LogP) is 0.813. The zero-order chi connectivity index (χ0) is 12.3. The van der Waals surface area contributed by atoms with Gasteiger partial charge in [-0.05, 0) is 31.7 Å². The first-order valence-electron chi connectivity index (χ1n) is 6.02. The normalized spacial score (nSPS) is 18.7. The zero-order valence-corrected chi connectivity index (χ0v) is 10.3. The number of carbonyl (C=O) groups excluding carboxylic acids is 1. The monoisotopic (exact) mass is 237 g/mol. The molecule has 1 aliphatic rings. The van der Waals surface area contributed by atoms with Crippen molar-refractivity contribution < 1.29 is 9.53 Å². The number of nitrogens with one attached hydrogen (secondary N) is 1. The van der Waals surface area contributed by atoms with Gasteiger partial charge in [-0.3, -0.25) is 14.8 Å². The van der Waals surface area contributed by atoms with Gasteiger partial charge >= 0.3 is 5.97 Å². The summed E-state index contributed by atoms with van der Waals surface area (Å²) in [6.07, 6.45) is 5.90. The molecule has 0 aliphatic heterocycles. The predicted molar refractivity (Wildman–Crippen MR) is 63.4 cm³/mol. The number of aromatic nitrogens is 2. The third-order valence-electron chi connectivity index (χ3n) is 3.03. The van der Waals surface area contributed by atoms with Crippen LogP contribution in [0.2, 0.25) is 0 Å². The average Bonchev–Trinajstić information content (AvgIpc) is 3.04. The Bertz CT molecular complexity index is 360. The Morgan fingerprint density at radius 3 is 2.94 bits per heavy atom. The maximum absolute atomic E-state index is 11.6. The average molecular weight is 237 g/mol. The molecular formula is C12H19N3O2. The van der Waals surface area contributed by atoms with Gasteiger partial charge < -0.3 is 4.74 Å². The van der Waals surface area contributed by atoms with E-state index in [1.54, 1.807) is 6.20 Å². The van der Waals surface area contributed by atoms with Crippen LogP contribution in [0, 0.1) is 5.92 Å². The van der Waals surface area contributed by atoms with Gasteiger partial charge in [0.15, 0.2) is 0 Å². The van der Waals surface area contributed by atoms with Crippen molar-refractivity contribution in [3.05, 3.63) is 18.5 Å². The Morgan fingerprint density at radius 1 is 1.65 bits per heavy atom. The lowest BCUT2D eigenvalue weighted by Gasteiger charge is -2.21. The summed E-state index contributed by atoms with van der Waals surface area (Å²) in [4.78, 5) is 11.6. The number of methoxy groups -OCH3 is 1. The SMILES string of the molecule is COC(=O)C(NC(C)Cn1cccn1)C1CC1. The first kappa shape index (κ1) is 12.1. The molecule has 2 rings (SSSR count). The summed E-state index contributed by atoms with van der Waals surface area (Å²) in [5, 5.41) is 7.48.